The SMILES string of the molecule is CN/C=N/c1cccc(-c2nc[nH]c2C)c1. The average molecular weight is 214 g/mol. The van der Waals surface area contributed by atoms with Gasteiger partial charge in [0, 0.05) is 18.3 Å². The minimum atomic E-state index is 0.911. The van der Waals surface area contributed by atoms with Gasteiger partial charge in [0.2, 0.25) is 0 Å². The molecule has 4 nitrogen and oxygen atoms in total. The molecule has 82 valence electrons. The number of nitrogens with one attached hydrogen (secondary N) is 2. The molecule has 0 aliphatic carbocycles. The molecular weight excluding hydrogens is 200 g/mol. The molecule has 1 aromatic heterocycles. The summed E-state index contributed by atoms with van der Waals surface area (Å²) < 4.78 is 0. The summed E-state index contributed by atoms with van der Waals surface area (Å²) in [5.74, 6) is 0. The van der Waals surface area contributed by atoms with Gasteiger partial charge in [-0.1, -0.05) is 12.1 Å². The van der Waals surface area contributed by atoms with Gasteiger partial charge in [0.15, 0.2) is 0 Å². The van der Waals surface area contributed by atoms with Gasteiger partial charge in [-0.2, -0.15) is 0 Å². The first-order valence-corrected chi connectivity index (χ1v) is 5.11. The lowest BCUT2D eigenvalue weighted by Gasteiger charge is -2.00. The fourth-order valence-corrected chi connectivity index (χ4v) is 1.52. The molecule has 0 fully saturated rings. The molecular formula is C12H14N4. The number of aliphatic imine (C=N–C) groups is 1. The van der Waals surface area contributed by atoms with Gasteiger partial charge in [-0.15, -0.1) is 0 Å². The van der Waals surface area contributed by atoms with Crippen LogP contribution in [0, 0.1) is 6.92 Å². The molecule has 0 amide bonds. The summed E-state index contributed by atoms with van der Waals surface area (Å²) in [5.41, 5.74) is 4.02. The van der Waals surface area contributed by atoms with Gasteiger partial charge in [-0.25, -0.2) is 9.98 Å². The second kappa shape index (κ2) is 4.61. The molecule has 2 N–H and O–H groups in total. The maximum atomic E-state index is 4.28. The summed E-state index contributed by atoms with van der Waals surface area (Å²) in [6.07, 6.45) is 3.37. The van der Waals surface area contributed by atoms with Gasteiger partial charge in [-0.05, 0) is 19.1 Å². The maximum Gasteiger partial charge on any atom is 0.0929 e. The number of aromatic nitrogens is 2. The Morgan fingerprint density at radius 2 is 2.31 bits per heavy atom. The lowest BCUT2D eigenvalue weighted by Crippen LogP contribution is -1.99. The van der Waals surface area contributed by atoms with Gasteiger partial charge in [-0.3, -0.25) is 0 Å². The summed E-state index contributed by atoms with van der Waals surface area (Å²) in [5, 5.41) is 2.87. The monoisotopic (exact) mass is 214 g/mol. The fraction of sp³-hybridized carbons (Fsp3) is 0.167. The highest BCUT2D eigenvalue weighted by Gasteiger charge is 2.04. The van der Waals surface area contributed by atoms with E-state index < -0.39 is 0 Å². The normalized spacial score (nSPS) is 10.9. The molecule has 0 saturated carbocycles. The Balaban J connectivity index is 2.36. The second-order valence-electron chi connectivity index (χ2n) is 3.47. The van der Waals surface area contributed by atoms with Gasteiger partial charge >= 0.3 is 0 Å². The van der Waals surface area contributed by atoms with E-state index in [1.54, 1.807) is 12.7 Å². The summed E-state index contributed by atoms with van der Waals surface area (Å²) in [4.78, 5) is 11.6. The van der Waals surface area contributed by atoms with Crippen LogP contribution in [0.4, 0.5) is 5.69 Å². The molecule has 0 unspecified atom stereocenters. The van der Waals surface area contributed by atoms with Gasteiger partial charge in [0.1, 0.15) is 0 Å². The third-order valence-corrected chi connectivity index (χ3v) is 2.29. The van der Waals surface area contributed by atoms with E-state index in [4.69, 9.17) is 0 Å². The van der Waals surface area contributed by atoms with E-state index in [-0.39, 0.29) is 0 Å². The van der Waals surface area contributed by atoms with E-state index in [9.17, 15) is 0 Å². The van der Waals surface area contributed by atoms with Gasteiger partial charge in [0.25, 0.3) is 0 Å². The standard InChI is InChI=1S/C12H14N4/c1-9-12(16-8-14-9)10-4-3-5-11(6-10)15-7-13-2/h3-8H,1-2H3,(H,13,15)(H,14,16). The number of aromatic amines is 1. The van der Waals surface area contributed by atoms with Gasteiger partial charge < -0.3 is 10.3 Å². The smallest absolute Gasteiger partial charge is 0.0929 e. The van der Waals surface area contributed by atoms with Crippen LogP contribution in [-0.4, -0.2) is 23.4 Å². The van der Waals surface area contributed by atoms with E-state index in [2.05, 4.69) is 20.3 Å². The summed E-state index contributed by atoms with van der Waals surface area (Å²) in [6, 6.07) is 7.98. The Hall–Kier alpha value is -2.10. The molecule has 1 aromatic carbocycles. The van der Waals surface area contributed by atoms with Gasteiger partial charge in [0.05, 0.1) is 24.0 Å². The van der Waals surface area contributed by atoms with E-state index in [0.29, 0.717) is 0 Å². The van der Waals surface area contributed by atoms with Crippen LogP contribution in [0.5, 0.6) is 0 Å². The van der Waals surface area contributed by atoms with Crippen LogP contribution in [-0.2, 0) is 0 Å². The van der Waals surface area contributed by atoms with Crippen LogP contribution in [0.3, 0.4) is 0 Å². The zero-order valence-electron chi connectivity index (χ0n) is 9.36. The van der Waals surface area contributed by atoms with Crippen LogP contribution in [0.15, 0.2) is 35.6 Å². The molecule has 0 aliphatic heterocycles. The molecule has 16 heavy (non-hydrogen) atoms. The van der Waals surface area contributed by atoms with Crippen molar-refractivity contribution in [2.24, 2.45) is 4.99 Å². The molecule has 2 rings (SSSR count). The zero-order chi connectivity index (χ0) is 11.4. The lowest BCUT2D eigenvalue weighted by atomic mass is 10.1. The Morgan fingerprint density at radius 3 is 3.00 bits per heavy atom. The van der Waals surface area contributed by atoms with Crippen LogP contribution < -0.4 is 5.32 Å². The molecule has 0 bridgehead atoms. The third-order valence-electron chi connectivity index (χ3n) is 2.29. The molecule has 4 heteroatoms. The number of H-pyrrole nitrogens is 1. The largest absolute Gasteiger partial charge is 0.379 e. The van der Waals surface area contributed by atoms with Crippen LogP contribution in [0.1, 0.15) is 5.69 Å². The maximum absolute atomic E-state index is 4.28. The predicted octanol–water partition coefficient (Wildman–Crippen LogP) is 2.26. The van der Waals surface area contributed by atoms with Crippen molar-refractivity contribution < 1.29 is 0 Å². The van der Waals surface area contributed by atoms with Crippen molar-refractivity contribution in [1.82, 2.24) is 15.3 Å². The number of nitrogens with zero attached hydrogens (tertiary/aromatic N) is 2. The Bertz CT molecular complexity index is 499. The quantitative estimate of drug-likeness (QED) is 0.608. The third kappa shape index (κ3) is 2.11. The lowest BCUT2D eigenvalue weighted by molar-refractivity contribution is 1.21. The minimum Gasteiger partial charge on any atom is -0.379 e. The van der Waals surface area contributed by atoms with E-state index >= 15 is 0 Å². The molecule has 1 heterocycles. The van der Waals surface area contributed by atoms with Crippen molar-refractivity contribution in [3.63, 3.8) is 0 Å². The highest BCUT2D eigenvalue weighted by Crippen LogP contribution is 2.23. The summed E-state index contributed by atoms with van der Waals surface area (Å²) in [7, 11) is 1.82. The summed E-state index contributed by atoms with van der Waals surface area (Å²) in [6.45, 7) is 2.01. The highest BCUT2D eigenvalue weighted by atomic mass is 14.9. The number of aryl methyl sites for hydroxylation is 1. The number of benzene rings is 1. The Morgan fingerprint density at radius 1 is 1.44 bits per heavy atom. The number of hydrogen-bond acceptors (Lipinski definition) is 2. The van der Waals surface area contributed by atoms with E-state index in [0.717, 1.165) is 22.6 Å². The van der Waals surface area contributed by atoms with Crippen molar-refractivity contribution in [2.45, 2.75) is 6.92 Å². The zero-order valence-corrected chi connectivity index (χ0v) is 9.36. The summed E-state index contributed by atoms with van der Waals surface area (Å²) >= 11 is 0. The topological polar surface area (TPSA) is 53.1 Å². The first-order valence-electron chi connectivity index (χ1n) is 5.11. The van der Waals surface area contributed by atoms with Crippen molar-refractivity contribution >= 4 is 12.0 Å². The van der Waals surface area contributed by atoms with E-state index in [1.807, 2.05) is 38.2 Å². The van der Waals surface area contributed by atoms with Crippen molar-refractivity contribution in [3.8, 4) is 11.3 Å². The van der Waals surface area contributed by atoms with Crippen LogP contribution in [0.2, 0.25) is 0 Å². The molecule has 0 radical (unpaired) electrons. The first-order chi connectivity index (χ1) is 7.81. The Labute approximate surface area is 94.5 Å². The molecule has 0 atom stereocenters. The van der Waals surface area contributed by atoms with Crippen LogP contribution in [0.25, 0.3) is 11.3 Å². The molecule has 0 spiro atoms. The fourth-order valence-electron chi connectivity index (χ4n) is 1.52. The van der Waals surface area contributed by atoms with Crippen LogP contribution >= 0.6 is 0 Å². The minimum absolute atomic E-state index is 0.911. The van der Waals surface area contributed by atoms with Crippen molar-refractivity contribution in [3.05, 3.63) is 36.3 Å². The second-order valence-corrected chi connectivity index (χ2v) is 3.47. The van der Waals surface area contributed by atoms with E-state index in [1.165, 1.54) is 0 Å². The Kier molecular flexibility index (Phi) is 3.00. The van der Waals surface area contributed by atoms with Crippen molar-refractivity contribution in [2.75, 3.05) is 7.05 Å². The highest BCUT2D eigenvalue weighted by molar-refractivity contribution is 5.68. The average Bonchev–Trinajstić information content (AvgIpc) is 2.73. The molecule has 2 aromatic rings. The predicted molar refractivity (Wildman–Crippen MR) is 66.0 cm³/mol. The molecule has 0 saturated heterocycles. The number of imidazole rings is 1. The number of rotatable bonds is 3. The van der Waals surface area contributed by atoms with Crippen molar-refractivity contribution in [1.29, 1.82) is 0 Å². The first kappa shape index (κ1) is 10.4. The molecule has 0 aliphatic rings. The number of hydrogen-bond donors (Lipinski definition) is 2.